The van der Waals surface area contributed by atoms with Crippen LogP contribution >= 0.6 is 11.6 Å². The Morgan fingerprint density at radius 3 is 2.48 bits per heavy atom. The molecule has 0 unspecified atom stereocenters. The second kappa shape index (κ2) is 9.21. The normalized spacial score (nSPS) is 12.4. The van der Waals surface area contributed by atoms with Crippen molar-refractivity contribution in [3.05, 3.63) is 59.1 Å². The second-order valence-electron chi connectivity index (χ2n) is 6.23. The van der Waals surface area contributed by atoms with E-state index in [4.69, 9.17) is 16.3 Å². The molecule has 0 heterocycles. The largest absolute Gasteiger partial charge is 0.383 e. The highest BCUT2D eigenvalue weighted by atomic mass is 35.5. The van der Waals surface area contributed by atoms with Crippen LogP contribution in [0.15, 0.2) is 53.4 Å². The number of hydrogen-bond donors (Lipinski definition) is 1. The molecule has 2 rings (SSSR count). The van der Waals surface area contributed by atoms with E-state index in [1.54, 1.807) is 37.3 Å². The maximum absolute atomic E-state index is 13.2. The Labute approximate surface area is 165 Å². The van der Waals surface area contributed by atoms with Gasteiger partial charge in [-0.05, 0) is 44.2 Å². The number of ether oxygens (including phenoxy) is 1. The molecule has 1 amide bonds. The van der Waals surface area contributed by atoms with Crippen LogP contribution in [0.4, 0.5) is 5.69 Å². The number of halogens is 1. The third-order valence-electron chi connectivity index (χ3n) is 3.82. The van der Waals surface area contributed by atoms with Gasteiger partial charge in [0.2, 0.25) is 5.91 Å². The Bertz CT molecular complexity index is 885. The number of rotatable bonds is 8. The lowest BCUT2D eigenvalue weighted by Gasteiger charge is -2.25. The lowest BCUT2D eigenvalue weighted by molar-refractivity contribution is -0.120. The smallest absolute Gasteiger partial charge is 0.264 e. The summed E-state index contributed by atoms with van der Waals surface area (Å²) >= 11 is 6.03. The number of carbonyl (C=O) groups excluding carboxylic acids is 1. The fourth-order valence-electron chi connectivity index (χ4n) is 2.53. The van der Waals surface area contributed by atoms with Crippen molar-refractivity contribution in [2.75, 3.05) is 24.6 Å². The molecule has 0 saturated carbocycles. The molecular weight excluding hydrogens is 388 g/mol. The summed E-state index contributed by atoms with van der Waals surface area (Å²) in [5.41, 5.74) is 1.26. The summed E-state index contributed by atoms with van der Waals surface area (Å²) in [6.45, 7) is 3.60. The van der Waals surface area contributed by atoms with Crippen LogP contribution in [0, 0.1) is 6.92 Å². The van der Waals surface area contributed by atoms with Crippen LogP contribution in [0.2, 0.25) is 5.02 Å². The first-order chi connectivity index (χ1) is 12.7. The van der Waals surface area contributed by atoms with Crippen molar-refractivity contribution >= 4 is 33.2 Å². The predicted octanol–water partition coefficient (Wildman–Crippen LogP) is 2.99. The van der Waals surface area contributed by atoms with Gasteiger partial charge in [0.15, 0.2) is 0 Å². The number of benzene rings is 2. The minimum Gasteiger partial charge on any atom is -0.383 e. The Balaban J connectivity index is 2.38. The summed E-state index contributed by atoms with van der Waals surface area (Å²) in [6, 6.07) is 12.6. The zero-order chi connectivity index (χ0) is 20.0. The zero-order valence-corrected chi connectivity index (χ0v) is 17.0. The number of sulfonamides is 1. The lowest BCUT2D eigenvalue weighted by atomic mass is 10.2. The van der Waals surface area contributed by atoms with Crippen molar-refractivity contribution in [1.82, 2.24) is 5.32 Å². The van der Waals surface area contributed by atoms with Crippen molar-refractivity contribution in [1.29, 1.82) is 0 Å². The van der Waals surface area contributed by atoms with E-state index in [9.17, 15) is 13.2 Å². The first kappa shape index (κ1) is 21.2. The molecule has 0 bridgehead atoms. The molecule has 0 radical (unpaired) electrons. The molecule has 1 atom stereocenters. The fourth-order valence-corrected chi connectivity index (χ4v) is 4.12. The van der Waals surface area contributed by atoms with Gasteiger partial charge in [0.1, 0.15) is 6.54 Å². The fraction of sp³-hybridized carbons (Fsp3) is 0.316. The number of hydrogen-bond acceptors (Lipinski definition) is 4. The number of nitrogens with one attached hydrogen (secondary N) is 1. The highest BCUT2D eigenvalue weighted by molar-refractivity contribution is 7.92. The SMILES string of the molecule is COC[C@H](C)NC(=O)CN(c1cccc(Cl)c1)S(=O)(=O)c1ccc(C)cc1. The van der Waals surface area contributed by atoms with Crippen molar-refractivity contribution < 1.29 is 17.9 Å². The Morgan fingerprint density at radius 2 is 1.89 bits per heavy atom. The minimum absolute atomic E-state index is 0.103. The first-order valence-corrected chi connectivity index (χ1v) is 10.2. The number of nitrogens with zero attached hydrogens (tertiary/aromatic N) is 1. The van der Waals surface area contributed by atoms with Gasteiger partial charge in [-0.15, -0.1) is 0 Å². The van der Waals surface area contributed by atoms with E-state index in [0.717, 1.165) is 9.87 Å². The summed E-state index contributed by atoms with van der Waals surface area (Å²) in [4.78, 5) is 12.5. The molecule has 0 aliphatic heterocycles. The molecule has 0 fully saturated rings. The van der Waals surface area contributed by atoms with Crippen LogP contribution in [0.25, 0.3) is 0 Å². The number of aryl methyl sites for hydroxylation is 1. The molecule has 146 valence electrons. The van der Waals surface area contributed by atoms with E-state index in [1.165, 1.54) is 25.3 Å². The van der Waals surface area contributed by atoms with Gasteiger partial charge in [0.05, 0.1) is 17.2 Å². The van der Waals surface area contributed by atoms with Crippen LogP contribution < -0.4 is 9.62 Å². The second-order valence-corrected chi connectivity index (χ2v) is 8.53. The van der Waals surface area contributed by atoms with Crippen LogP contribution in [0.5, 0.6) is 0 Å². The van der Waals surface area contributed by atoms with E-state index >= 15 is 0 Å². The summed E-state index contributed by atoms with van der Waals surface area (Å²) < 4.78 is 32.4. The summed E-state index contributed by atoms with van der Waals surface area (Å²) in [5.74, 6) is -0.435. The van der Waals surface area contributed by atoms with Gasteiger partial charge in [0, 0.05) is 18.2 Å². The van der Waals surface area contributed by atoms with Gasteiger partial charge in [-0.1, -0.05) is 35.4 Å². The van der Waals surface area contributed by atoms with Gasteiger partial charge in [-0.3, -0.25) is 9.10 Å². The molecule has 0 aromatic heterocycles. The summed E-state index contributed by atoms with van der Waals surface area (Å²) in [6.07, 6.45) is 0. The third kappa shape index (κ3) is 5.69. The molecule has 1 N–H and O–H groups in total. The zero-order valence-electron chi connectivity index (χ0n) is 15.5. The maximum atomic E-state index is 13.2. The lowest BCUT2D eigenvalue weighted by Crippen LogP contribution is -2.44. The quantitative estimate of drug-likeness (QED) is 0.725. The predicted molar refractivity (Wildman–Crippen MR) is 107 cm³/mol. The Hall–Kier alpha value is -2.09. The standard InChI is InChI=1S/C19H23ClN2O4S/c1-14-7-9-18(10-8-14)27(24,25)22(17-6-4-5-16(20)11-17)12-19(23)21-15(2)13-26-3/h4-11,15H,12-13H2,1-3H3,(H,21,23)/t15-/m0/s1. The van der Waals surface area contributed by atoms with Crippen molar-refractivity contribution in [3.8, 4) is 0 Å². The van der Waals surface area contributed by atoms with Crippen LogP contribution in [0.1, 0.15) is 12.5 Å². The first-order valence-electron chi connectivity index (χ1n) is 8.37. The number of methoxy groups -OCH3 is 1. The molecule has 27 heavy (non-hydrogen) atoms. The molecule has 8 heteroatoms. The van der Waals surface area contributed by atoms with Crippen molar-refractivity contribution in [3.63, 3.8) is 0 Å². The molecule has 2 aromatic rings. The number of carbonyl (C=O) groups is 1. The minimum atomic E-state index is -3.95. The van der Waals surface area contributed by atoms with Crippen LogP contribution in [0.3, 0.4) is 0 Å². The highest BCUT2D eigenvalue weighted by Gasteiger charge is 2.27. The molecular formula is C19H23ClN2O4S. The van der Waals surface area contributed by atoms with Crippen LogP contribution in [-0.4, -0.2) is 40.6 Å². The molecule has 6 nitrogen and oxygen atoms in total. The van der Waals surface area contributed by atoms with Gasteiger partial charge in [-0.2, -0.15) is 0 Å². The van der Waals surface area contributed by atoms with E-state index in [2.05, 4.69) is 5.32 Å². The molecule has 2 aromatic carbocycles. The maximum Gasteiger partial charge on any atom is 0.264 e. The Morgan fingerprint density at radius 1 is 1.22 bits per heavy atom. The van der Waals surface area contributed by atoms with Gasteiger partial charge in [-0.25, -0.2) is 8.42 Å². The van der Waals surface area contributed by atoms with Crippen molar-refractivity contribution in [2.45, 2.75) is 24.8 Å². The third-order valence-corrected chi connectivity index (χ3v) is 5.84. The van der Waals surface area contributed by atoms with Gasteiger partial charge in [0.25, 0.3) is 10.0 Å². The number of amides is 1. The van der Waals surface area contributed by atoms with E-state index < -0.39 is 15.9 Å². The molecule has 0 aliphatic carbocycles. The monoisotopic (exact) mass is 410 g/mol. The topological polar surface area (TPSA) is 75.7 Å². The molecule has 0 aliphatic rings. The van der Waals surface area contributed by atoms with Crippen molar-refractivity contribution in [2.24, 2.45) is 0 Å². The van der Waals surface area contributed by atoms with Gasteiger partial charge >= 0.3 is 0 Å². The molecule has 0 spiro atoms. The Kier molecular flexibility index (Phi) is 7.24. The van der Waals surface area contributed by atoms with E-state index in [1.807, 2.05) is 6.92 Å². The van der Waals surface area contributed by atoms with E-state index in [-0.39, 0.29) is 17.5 Å². The number of anilines is 1. The van der Waals surface area contributed by atoms with E-state index in [0.29, 0.717) is 17.3 Å². The average molecular weight is 411 g/mol. The highest BCUT2D eigenvalue weighted by Crippen LogP contribution is 2.26. The van der Waals surface area contributed by atoms with Gasteiger partial charge < -0.3 is 10.1 Å². The summed E-state index contributed by atoms with van der Waals surface area (Å²) in [7, 11) is -2.42. The summed E-state index contributed by atoms with van der Waals surface area (Å²) in [5, 5.41) is 3.10. The van der Waals surface area contributed by atoms with Crippen LogP contribution in [-0.2, 0) is 19.6 Å². The average Bonchev–Trinajstić information content (AvgIpc) is 2.60. The molecule has 0 saturated heterocycles.